The van der Waals surface area contributed by atoms with Gasteiger partial charge >= 0.3 is 12.4 Å². The van der Waals surface area contributed by atoms with E-state index < -0.39 is 36.7 Å². The fraction of sp³-hybridized carbons (Fsp3) is 0.571. The number of benzene rings is 1. The zero-order valence-corrected chi connectivity index (χ0v) is 11.9. The quantitative estimate of drug-likeness (QED) is 0.857. The Kier molecular flexibility index (Phi) is 5.22. The topological polar surface area (TPSA) is 32.7 Å². The summed E-state index contributed by atoms with van der Waals surface area (Å²) in [5.74, 6) is 0. The van der Waals surface area contributed by atoms with Gasteiger partial charge in [-0.1, -0.05) is 12.1 Å². The van der Waals surface area contributed by atoms with Crippen LogP contribution in [-0.2, 0) is 10.9 Å². The molecule has 1 saturated heterocycles. The van der Waals surface area contributed by atoms with Crippen molar-refractivity contribution in [1.29, 1.82) is 0 Å². The van der Waals surface area contributed by atoms with Gasteiger partial charge in [-0.25, -0.2) is 0 Å². The number of alkyl halides is 6. The van der Waals surface area contributed by atoms with Crippen molar-refractivity contribution < 1.29 is 36.2 Å². The maximum atomic E-state index is 12.5. The van der Waals surface area contributed by atoms with E-state index in [0.717, 1.165) is 12.1 Å². The maximum Gasteiger partial charge on any atom is 0.416 e. The number of aliphatic hydroxyl groups excluding tert-OH is 1. The SMILES string of the molecule is OC(CN1CCO[C@@H](c2ccc(C(F)(F)F)cc2)C1)C(F)(F)F. The van der Waals surface area contributed by atoms with Crippen LogP contribution in [-0.4, -0.2) is 48.5 Å². The Morgan fingerprint density at radius 3 is 2.26 bits per heavy atom. The molecule has 1 fully saturated rings. The van der Waals surface area contributed by atoms with Crippen molar-refractivity contribution in [1.82, 2.24) is 4.90 Å². The van der Waals surface area contributed by atoms with Gasteiger partial charge in [0.05, 0.1) is 18.3 Å². The number of morpholine rings is 1. The van der Waals surface area contributed by atoms with Crippen LogP contribution < -0.4 is 0 Å². The Morgan fingerprint density at radius 1 is 1.13 bits per heavy atom. The monoisotopic (exact) mass is 343 g/mol. The Labute approximate surface area is 128 Å². The molecule has 3 nitrogen and oxygen atoms in total. The van der Waals surface area contributed by atoms with Crippen LogP contribution in [0.25, 0.3) is 0 Å². The molecule has 0 saturated carbocycles. The van der Waals surface area contributed by atoms with E-state index in [1.54, 1.807) is 0 Å². The molecule has 1 aromatic rings. The minimum absolute atomic E-state index is 0.0680. The van der Waals surface area contributed by atoms with Crippen molar-refractivity contribution in [2.75, 3.05) is 26.2 Å². The van der Waals surface area contributed by atoms with E-state index in [2.05, 4.69) is 0 Å². The zero-order valence-electron chi connectivity index (χ0n) is 11.9. The number of halogens is 6. The Morgan fingerprint density at radius 2 is 1.74 bits per heavy atom. The molecule has 1 aliphatic heterocycles. The molecule has 1 N–H and O–H groups in total. The van der Waals surface area contributed by atoms with E-state index in [1.165, 1.54) is 17.0 Å². The molecule has 1 heterocycles. The minimum atomic E-state index is -4.71. The van der Waals surface area contributed by atoms with Gasteiger partial charge in [0.15, 0.2) is 6.10 Å². The Bertz CT molecular complexity index is 513. The molecule has 0 spiro atoms. The number of β-amino-alcohol motifs (C(OH)–C–C–N with tert-alkyl or cyclic N) is 1. The van der Waals surface area contributed by atoms with E-state index in [9.17, 15) is 26.3 Å². The van der Waals surface area contributed by atoms with Crippen LogP contribution >= 0.6 is 0 Å². The lowest BCUT2D eigenvalue weighted by Gasteiger charge is -2.34. The second kappa shape index (κ2) is 6.66. The highest BCUT2D eigenvalue weighted by molar-refractivity contribution is 5.26. The van der Waals surface area contributed by atoms with Crippen molar-refractivity contribution >= 4 is 0 Å². The first-order valence-corrected chi connectivity index (χ1v) is 6.83. The maximum absolute atomic E-state index is 12.5. The molecule has 2 rings (SSSR count). The smallest absolute Gasteiger partial charge is 0.382 e. The van der Waals surface area contributed by atoms with Gasteiger partial charge in [0.25, 0.3) is 0 Å². The molecule has 2 atom stereocenters. The van der Waals surface area contributed by atoms with Gasteiger partial charge in [0.2, 0.25) is 0 Å². The van der Waals surface area contributed by atoms with Crippen LogP contribution in [0, 0.1) is 0 Å². The summed E-state index contributed by atoms with van der Waals surface area (Å²) in [6.07, 6.45) is -12.3. The van der Waals surface area contributed by atoms with Crippen LogP contribution in [0.4, 0.5) is 26.3 Å². The number of ether oxygens (including phenoxy) is 1. The summed E-state index contributed by atoms with van der Waals surface area (Å²) in [6, 6.07) is 4.30. The van der Waals surface area contributed by atoms with Crippen molar-refractivity contribution in [2.24, 2.45) is 0 Å². The number of nitrogens with zero attached hydrogens (tertiary/aromatic N) is 1. The van der Waals surface area contributed by atoms with Crippen LogP contribution in [0.1, 0.15) is 17.2 Å². The van der Waals surface area contributed by atoms with Crippen LogP contribution in [0.5, 0.6) is 0 Å². The molecule has 0 bridgehead atoms. The summed E-state index contributed by atoms with van der Waals surface area (Å²) in [6.45, 7) is -0.178. The lowest BCUT2D eigenvalue weighted by atomic mass is 10.0. The van der Waals surface area contributed by atoms with Crippen LogP contribution in [0.15, 0.2) is 24.3 Å². The standard InChI is InChI=1S/C14H15F6NO2/c15-13(16,17)10-3-1-9(2-4-10)11-7-21(5-6-23-11)8-12(22)14(18,19)20/h1-4,11-12,22H,5-8H2/t11-,12?/m1/s1. The fourth-order valence-electron chi connectivity index (χ4n) is 2.30. The third-order valence-corrected chi connectivity index (χ3v) is 3.57. The summed E-state index contributed by atoms with van der Waals surface area (Å²) in [5.41, 5.74) is -0.356. The Balaban J connectivity index is 2.01. The van der Waals surface area contributed by atoms with Gasteiger partial charge < -0.3 is 9.84 Å². The van der Waals surface area contributed by atoms with E-state index in [1.807, 2.05) is 0 Å². The van der Waals surface area contributed by atoms with Gasteiger partial charge in [-0.2, -0.15) is 26.3 Å². The molecule has 0 aliphatic carbocycles. The molecule has 1 aliphatic rings. The van der Waals surface area contributed by atoms with E-state index in [4.69, 9.17) is 9.84 Å². The Hall–Kier alpha value is -1.32. The summed E-state index contributed by atoms with van der Waals surface area (Å²) in [4.78, 5) is 1.38. The molecule has 130 valence electrons. The first kappa shape index (κ1) is 18.0. The predicted molar refractivity (Wildman–Crippen MR) is 68.6 cm³/mol. The zero-order chi connectivity index (χ0) is 17.3. The largest absolute Gasteiger partial charge is 0.416 e. The molecule has 1 unspecified atom stereocenters. The highest BCUT2D eigenvalue weighted by atomic mass is 19.4. The third kappa shape index (κ3) is 4.82. The molecular formula is C14H15F6NO2. The predicted octanol–water partition coefficient (Wildman–Crippen LogP) is 3.00. The molecule has 9 heteroatoms. The van der Waals surface area contributed by atoms with Gasteiger partial charge in [0, 0.05) is 19.6 Å². The third-order valence-electron chi connectivity index (χ3n) is 3.57. The average molecular weight is 343 g/mol. The number of aliphatic hydroxyl groups is 1. The highest BCUT2D eigenvalue weighted by Gasteiger charge is 2.40. The summed E-state index contributed by atoms with van der Waals surface area (Å²) in [7, 11) is 0. The van der Waals surface area contributed by atoms with E-state index in [-0.39, 0.29) is 19.7 Å². The second-order valence-electron chi connectivity index (χ2n) is 5.30. The van der Waals surface area contributed by atoms with Gasteiger partial charge in [-0.3, -0.25) is 4.90 Å². The number of hydrogen-bond acceptors (Lipinski definition) is 3. The summed E-state index contributed by atoms with van der Waals surface area (Å²) < 4.78 is 80.0. The van der Waals surface area contributed by atoms with Gasteiger partial charge in [-0.05, 0) is 17.7 Å². The molecule has 0 amide bonds. The van der Waals surface area contributed by atoms with Crippen molar-refractivity contribution in [2.45, 2.75) is 24.6 Å². The van der Waals surface area contributed by atoms with Crippen LogP contribution in [0.3, 0.4) is 0 Å². The van der Waals surface area contributed by atoms with Crippen molar-refractivity contribution in [3.8, 4) is 0 Å². The first-order chi connectivity index (χ1) is 10.6. The molecule has 0 radical (unpaired) electrons. The lowest BCUT2D eigenvalue weighted by molar-refractivity contribution is -0.211. The van der Waals surface area contributed by atoms with Crippen molar-refractivity contribution in [3.05, 3.63) is 35.4 Å². The van der Waals surface area contributed by atoms with E-state index >= 15 is 0 Å². The number of rotatable bonds is 3. The second-order valence-corrected chi connectivity index (χ2v) is 5.30. The summed E-state index contributed by atoms with van der Waals surface area (Å²) >= 11 is 0. The van der Waals surface area contributed by atoms with Gasteiger partial charge in [0.1, 0.15) is 0 Å². The first-order valence-electron chi connectivity index (χ1n) is 6.83. The van der Waals surface area contributed by atoms with Gasteiger partial charge in [-0.15, -0.1) is 0 Å². The normalized spacial score (nSPS) is 22.1. The van der Waals surface area contributed by atoms with Crippen molar-refractivity contribution in [3.63, 3.8) is 0 Å². The summed E-state index contributed by atoms with van der Waals surface area (Å²) in [5, 5.41) is 9.09. The van der Waals surface area contributed by atoms with E-state index in [0.29, 0.717) is 5.56 Å². The number of hydrogen-bond donors (Lipinski definition) is 1. The molecular weight excluding hydrogens is 328 g/mol. The molecule has 23 heavy (non-hydrogen) atoms. The molecule has 0 aromatic heterocycles. The van der Waals surface area contributed by atoms with Crippen LogP contribution in [0.2, 0.25) is 0 Å². The fourth-order valence-corrected chi connectivity index (χ4v) is 2.30. The minimum Gasteiger partial charge on any atom is -0.382 e. The molecule has 1 aromatic carbocycles. The lowest BCUT2D eigenvalue weighted by Crippen LogP contribution is -2.46. The average Bonchev–Trinajstić information content (AvgIpc) is 2.46. The highest BCUT2D eigenvalue weighted by Crippen LogP contribution is 2.31.